The second-order valence-electron chi connectivity index (χ2n) is 23.4. The predicted molar refractivity (Wildman–Crippen MR) is 345 cm³/mol. The Labute approximate surface area is 543 Å². The minimum atomic E-state index is -4.80. The van der Waals surface area contributed by atoms with Crippen LogP contribution < -0.4 is 9.30 Å². The van der Waals surface area contributed by atoms with Gasteiger partial charge in [0.25, 0.3) is 6.33 Å². The first kappa shape index (κ1) is 26.3. The normalized spacial score (nSPS) is 26.9. The lowest BCUT2D eigenvalue weighted by molar-refractivity contribution is -0.571. The molecule has 0 fully saturated rings. The minimum absolute atomic E-state index is 0.0494. The molecule has 0 atom stereocenters. The average molecular weight is 1120 g/mol. The molecule has 83 heavy (non-hydrogen) atoms. The lowest BCUT2D eigenvalue weighted by Gasteiger charge is -2.42. The van der Waals surface area contributed by atoms with Gasteiger partial charge in [0.1, 0.15) is 17.3 Å². The molecule has 0 unspecified atom stereocenters. The highest BCUT2D eigenvalue weighted by atomic mass is 16.5. The van der Waals surface area contributed by atoms with Crippen LogP contribution in [-0.2, 0) is 32.5 Å². The molecule has 3 heterocycles. The number of imidazole rings is 1. The van der Waals surface area contributed by atoms with Gasteiger partial charge in [-0.25, -0.2) is 4.98 Å². The van der Waals surface area contributed by atoms with Gasteiger partial charge in [-0.1, -0.05) is 204 Å². The first-order chi connectivity index (χ1) is 54.8. The number of benzene rings is 8. The van der Waals surface area contributed by atoms with Crippen LogP contribution in [0.15, 0.2) is 176 Å². The summed E-state index contributed by atoms with van der Waals surface area (Å²) in [7, 11) is 0. The van der Waals surface area contributed by atoms with E-state index in [1.807, 2.05) is 34.9 Å². The van der Waals surface area contributed by atoms with Crippen LogP contribution in [0, 0.1) is 13.2 Å². The van der Waals surface area contributed by atoms with Crippen molar-refractivity contribution in [1.29, 1.82) is 0 Å². The first-order valence-electron chi connectivity index (χ1n) is 45.6. The fourth-order valence-corrected chi connectivity index (χ4v) is 12.4. The molecule has 0 spiro atoms. The van der Waals surface area contributed by atoms with Crippen LogP contribution in [-0.4, -0.2) is 14.1 Å². The quantitative estimate of drug-likeness (QED) is 0.112. The summed E-state index contributed by atoms with van der Waals surface area (Å²) in [5, 5.41) is 1.49. The zero-order chi connectivity index (χ0) is 89.1. The summed E-state index contributed by atoms with van der Waals surface area (Å²) in [5.74, 6) is 0.600. The summed E-state index contributed by atoms with van der Waals surface area (Å²) in [6.45, 7) is -27.9. The molecule has 8 aromatic carbocycles. The summed E-state index contributed by atoms with van der Waals surface area (Å²) < 4.78 is 352. The predicted octanol–water partition coefficient (Wildman–Crippen LogP) is 20.0. The van der Waals surface area contributed by atoms with Gasteiger partial charge < -0.3 is 4.74 Å². The molecule has 11 aromatic rings. The van der Waals surface area contributed by atoms with E-state index in [0.29, 0.717) is 27.5 Å². The molecule has 0 bridgehead atoms. The van der Waals surface area contributed by atoms with Crippen molar-refractivity contribution in [3.05, 3.63) is 221 Å². The number of aryl methyl sites for hydroxylation is 1. The number of nitrogens with zero attached hydrogens (tertiary/aromatic N) is 4. The Morgan fingerprint density at radius 3 is 1.89 bits per heavy atom. The summed E-state index contributed by atoms with van der Waals surface area (Å²) in [4.78, 5) is 4.98. The van der Waals surface area contributed by atoms with Crippen molar-refractivity contribution in [3.63, 3.8) is 0 Å². The number of hydrogen-bond acceptors (Lipinski definition) is 2. The third-order valence-electron chi connectivity index (χ3n) is 16.8. The maximum atomic E-state index is 10.4. The van der Waals surface area contributed by atoms with E-state index in [9.17, 15) is 13.7 Å². The third-order valence-corrected chi connectivity index (χ3v) is 16.8. The molecule has 0 amide bonds. The Morgan fingerprint density at radius 2 is 1.16 bits per heavy atom. The van der Waals surface area contributed by atoms with Crippen molar-refractivity contribution in [2.45, 2.75) is 154 Å². The molecule has 5 heteroatoms. The highest BCUT2D eigenvalue weighted by Crippen LogP contribution is 2.52. The Morgan fingerprint density at radius 1 is 0.530 bits per heavy atom. The number of rotatable bonds is 8. The Kier molecular flexibility index (Phi) is 5.85. The molecular weight excluding hydrogens is 1010 g/mol. The average Bonchev–Trinajstić information content (AvgIpc) is 0.889. The zero-order valence-corrected chi connectivity index (χ0v) is 45.6. The summed E-state index contributed by atoms with van der Waals surface area (Å²) in [6, 6.07) is 26.3. The number of ether oxygens (including phenoxy) is 1. The van der Waals surface area contributed by atoms with E-state index in [2.05, 4.69) is 46.2 Å². The van der Waals surface area contributed by atoms with Crippen molar-refractivity contribution < 1.29 is 60.0 Å². The largest absolute Gasteiger partial charge is 0.458 e. The second-order valence-corrected chi connectivity index (χ2v) is 23.4. The highest BCUT2D eigenvalue weighted by Gasteiger charge is 2.43. The molecule has 5 nitrogen and oxygen atoms in total. The van der Waals surface area contributed by atoms with E-state index >= 15 is 0 Å². The van der Waals surface area contributed by atoms with Gasteiger partial charge >= 0.3 is 0 Å². The Hall–Kier alpha value is -8.02. The van der Waals surface area contributed by atoms with Crippen LogP contribution in [0.5, 0.6) is 11.5 Å². The third kappa shape index (κ3) is 8.61. The maximum Gasteiger partial charge on any atom is 0.269 e. The van der Waals surface area contributed by atoms with Crippen LogP contribution in [0.3, 0.4) is 0 Å². The standard InChI is InChI=1S/C78H78N4O/c1-49-40-71(79-46-60(49)52-30-34-62-65(43-52)76(8,9)39-37-74(62,4)5)82-67-25-15-14-22-58(67)59-32-31-55(45-70(59)82)83-54-21-18-20-53(44-54)80-48-81(69-27-17-16-26-68(69)80)72-56(50-28-33-61-64(41-50)75(6,7)38-36-73(61,2)3)23-19-24-57(72)51-29-35-63-66(42-51)78(12,13)47-77(63,10)11/h14-35,40-46H,36-39,47H2,1-13H3/i1D3,2D3,3D3,6D3,7D3,10D3,11D3,12D3,13D3,28D,29D,33D,35D,36D2,38D2,41D,42D. The monoisotopic (exact) mass is 1120 g/mol. The van der Waals surface area contributed by atoms with Crippen molar-refractivity contribution >= 4 is 32.8 Å². The summed E-state index contributed by atoms with van der Waals surface area (Å²) >= 11 is 0. The number of aromatic nitrogens is 4. The molecule has 0 N–H and O–H groups in total. The number of fused-ring (bicyclic) bond motifs is 7. The summed E-state index contributed by atoms with van der Waals surface area (Å²) in [5.41, 5.74) is -22.9. The van der Waals surface area contributed by atoms with Crippen molar-refractivity contribution in [2.75, 3.05) is 0 Å². The number of hydrogen-bond donors (Lipinski definition) is 0. The highest BCUT2D eigenvalue weighted by molar-refractivity contribution is 6.09. The number of para-hydroxylation sites is 4. The van der Waals surface area contributed by atoms with E-state index in [4.69, 9.17) is 46.7 Å². The van der Waals surface area contributed by atoms with Crippen LogP contribution >= 0.6 is 0 Å². The van der Waals surface area contributed by atoms with Crippen LogP contribution in [0.4, 0.5) is 0 Å². The van der Waals surface area contributed by atoms with Gasteiger partial charge in [-0.3, -0.25) is 13.7 Å². The molecule has 3 aliphatic rings. The smallest absolute Gasteiger partial charge is 0.269 e. The van der Waals surface area contributed by atoms with Crippen LogP contribution in [0.2, 0.25) is 0 Å². The second kappa shape index (κ2) is 18.5. The van der Waals surface area contributed by atoms with E-state index in [1.165, 1.54) is 40.5 Å². The fraction of sp³-hybridized carbons (Fsp3) is 0.308. The summed E-state index contributed by atoms with van der Waals surface area (Å²) in [6.07, 6.45) is -4.77. The van der Waals surface area contributed by atoms with E-state index < -0.39 is 189 Å². The molecule has 0 aliphatic heterocycles. The Bertz CT molecular complexity index is 6030. The molecule has 416 valence electrons. The van der Waals surface area contributed by atoms with Gasteiger partial charge in [0.15, 0.2) is 0 Å². The molecule has 0 saturated heterocycles. The van der Waals surface area contributed by atoms with Gasteiger partial charge in [0.05, 0.1) is 41.7 Å². The molecule has 3 aromatic heterocycles. The molecular formula is C78H78N4O. The lowest BCUT2D eigenvalue weighted by Crippen LogP contribution is -2.34. The van der Waals surface area contributed by atoms with Crippen molar-refractivity contribution in [3.8, 4) is 62.1 Å². The van der Waals surface area contributed by atoms with E-state index in [1.54, 1.807) is 48.7 Å². The number of pyridine rings is 1. The molecule has 3 aliphatic carbocycles. The SMILES string of the molecule is [2H]c1c([2H])c2c(c([2H])c1-c1cccc(-c3c([2H])c([2H])c4c(c3[2H])C(C([2H])([2H])[2H])(C([2H])([2H])[2H])C([2H])([2H])C([2H])([2H])C4(C([2H])([2H])[2H])C([2H])([2H])[2H])c1-[n+]1[c-]n(-c3cccc(Oc4ccc5c6ccccc6n(-c6cc(C([2H])([2H])[2H])c(-c7ccc8c(c7)C(C)(C)CCC8(C)C)cn6)c5c4)c3)c3ccccc31)C(C([2H])([2H])[2H])(C([2H])([2H])[2H])CC2(C([2H])([2H])[2H])C([2H])([2H])[2H]. The minimum Gasteiger partial charge on any atom is -0.458 e. The van der Waals surface area contributed by atoms with Gasteiger partial charge in [-0.15, -0.1) is 0 Å². The molecule has 0 radical (unpaired) electrons. The van der Waals surface area contributed by atoms with Gasteiger partial charge in [0.2, 0.25) is 0 Å². The van der Waals surface area contributed by atoms with Crippen molar-refractivity contribution in [1.82, 2.24) is 14.1 Å². The van der Waals surface area contributed by atoms with Crippen molar-refractivity contribution in [2.24, 2.45) is 0 Å². The zero-order valence-electron chi connectivity index (χ0n) is 82.6. The van der Waals surface area contributed by atoms with Crippen LogP contribution in [0.1, 0.15) is 204 Å². The van der Waals surface area contributed by atoms with Crippen LogP contribution in [0.25, 0.3) is 83.4 Å². The lowest BCUT2D eigenvalue weighted by atomic mass is 9.63. The van der Waals surface area contributed by atoms with E-state index in [0.717, 1.165) is 46.6 Å². The Balaban J connectivity index is 1.04. The van der Waals surface area contributed by atoms with Gasteiger partial charge in [-0.2, -0.15) is 0 Å². The maximum absolute atomic E-state index is 10.4. The first-order valence-corrected chi connectivity index (χ1v) is 27.1. The molecule has 0 saturated carbocycles. The fourth-order valence-electron chi connectivity index (χ4n) is 12.4. The topological polar surface area (TPSA) is 35.9 Å². The van der Waals surface area contributed by atoms with Gasteiger partial charge in [-0.05, 0) is 181 Å². The van der Waals surface area contributed by atoms with E-state index in [-0.39, 0.29) is 50.4 Å². The molecule has 14 rings (SSSR count). The van der Waals surface area contributed by atoms with Gasteiger partial charge in [0, 0.05) is 71.1 Å².